The maximum absolute atomic E-state index is 11.3. The Morgan fingerprint density at radius 1 is 1.10 bits per heavy atom. The summed E-state index contributed by atoms with van der Waals surface area (Å²) in [6.07, 6.45) is -6.35. The van der Waals surface area contributed by atoms with E-state index in [1.54, 1.807) is 0 Å². The molecule has 0 radical (unpaired) electrons. The van der Waals surface area contributed by atoms with Crippen molar-refractivity contribution in [2.75, 3.05) is 27.4 Å². The second-order valence-electron chi connectivity index (χ2n) is 4.16. The van der Waals surface area contributed by atoms with E-state index in [9.17, 15) is 14.4 Å². The lowest BCUT2D eigenvalue weighted by atomic mass is 10.1. The van der Waals surface area contributed by atoms with Crippen LogP contribution < -0.4 is 0 Å². The number of carbonyl (C=O) groups is 3. The van der Waals surface area contributed by atoms with Crippen molar-refractivity contribution >= 4 is 18.5 Å². The van der Waals surface area contributed by atoms with Gasteiger partial charge in [-0.25, -0.2) is 14.4 Å². The van der Waals surface area contributed by atoms with E-state index in [1.165, 1.54) is 0 Å². The molecule has 0 amide bonds. The standard InChI is InChI=1S/C11H14O10/c1-15-9(12)19-6-3-17-7(5-4-18-11(14)20-5)8(6)21-10(13)16-2/h5-8H,3-4H2,1-2H3. The van der Waals surface area contributed by atoms with Crippen LogP contribution in [0.4, 0.5) is 14.4 Å². The predicted molar refractivity (Wildman–Crippen MR) is 60.5 cm³/mol. The molecule has 4 unspecified atom stereocenters. The molecule has 2 aliphatic rings. The summed E-state index contributed by atoms with van der Waals surface area (Å²) in [4.78, 5) is 33.4. The van der Waals surface area contributed by atoms with Gasteiger partial charge in [0.1, 0.15) is 12.7 Å². The average molecular weight is 306 g/mol. The van der Waals surface area contributed by atoms with E-state index in [0.29, 0.717) is 0 Å². The Bertz CT molecular complexity index is 421. The van der Waals surface area contributed by atoms with E-state index < -0.39 is 42.9 Å². The molecule has 0 bridgehead atoms. The molecule has 2 heterocycles. The van der Waals surface area contributed by atoms with Gasteiger partial charge in [-0.15, -0.1) is 0 Å². The van der Waals surface area contributed by atoms with Crippen LogP contribution in [-0.2, 0) is 33.2 Å². The minimum Gasteiger partial charge on any atom is -0.438 e. The van der Waals surface area contributed by atoms with Gasteiger partial charge >= 0.3 is 18.5 Å². The molecule has 2 aliphatic heterocycles. The molecular weight excluding hydrogens is 292 g/mol. The summed E-state index contributed by atoms with van der Waals surface area (Å²) in [5.74, 6) is 0. The molecule has 0 aromatic heterocycles. The smallest absolute Gasteiger partial charge is 0.438 e. The maximum Gasteiger partial charge on any atom is 0.508 e. The highest BCUT2D eigenvalue weighted by atomic mass is 16.8. The summed E-state index contributed by atoms with van der Waals surface area (Å²) in [5, 5.41) is 0. The molecule has 0 aromatic rings. The zero-order chi connectivity index (χ0) is 15.4. The van der Waals surface area contributed by atoms with Crippen LogP contribution >= 0.6 is 0 Å². The molecule has 10 heteroatoms. The van der Waals surface area contributed by atoms with Gasteiger partial charge in [0.15, 0.2) is 18.3 Å². The fourth-order valence-electron chi connectivity index (χ4n) is 2.00. The Morgan fingerprint density at radius 3 is 2.33 bits per heavy atom. The first-order valence-electron chi connectivity index (χ1n) is 5.99. The van der Waals surface area contributed by atoms with E-state index in [2.05, 4.69) is 14.2 Å². The molecular formula is C11H14O10. The van der Waals surface area contributed by atoms with Crippen LogP contribution in [0.3, 0.4) is 0 Å². The van der Waals surface area contributed by atoms with Crippen molar-refractivity contribution in [3.05, 3.63) is 0 Å². The SMILES string of the molecule is COC(=O)OC1COC(C2COC(=O)O2)C1OC(=O)OC. The van der Waals surface area contributed by atoms with Gasteiger partial charge in [0.2, 0.25) is 0 Å². The number of rotatable bonds is 3. The van der Waals surface area contributed by atoms with Crippen molar-refractivity contribution < 1.29 is 47.5 Å². The summed E-state index contributed by atoms with van der Waals surface area (Å²) in [6, 6.07) is 0. The maximum atomic E-state index is 11.3. The third kappa shape index (κ3) is 3.45. The molecule has 2 rings (SSSR count). The van der Waals surface area contributed by atoms with E-state index in [0.717, 1.165) is 14.2 Å². The van der Waals surface area contributed by atoms with Crippen molar-refractivity contribution in [2.24, 2.45) is 0 Å². The van der Waals surface area contributed by atoms with Gasteiger partial charge in [-0.1, -0.05) is 0 Å². The van der Waals surface area contributed by atoms with E-state index in [-0.39, 0.29) is 13.2 Å². The Kier molecular flexibility index (Phi) is 4.68. The molecule has 2 saturated heterocycles. The van der Waals surface area contributed by atoms with Crippen LogP contribution in [0.1, 0.15) is 0 Å². The zero-order valence-electron chi connectivity index (χ0n) is 11.3. The predicted octanol–water partition coefficient (Wildman–Crippen LogP) is 0.224. The van der Waals surface area contributed by atoms with Gasteiger partial charge < -0.3 is 33.2 Å². The first kappa shape index (κ1) is 15.2. The van der Waals surface area contributed by atoms with Crippen LogP contribution in [0.15, 0.2) is 0 Å². The number of ether oxygens (including phenoxy) is 7. The molecule has 4 atom stereocenters. The summed E-state index contributed by atoms with van der Waals surface area (Å²) in [7, 11) is 2.26. The van der Waals surface area contributed by atoms with Gasteiger partial charge in [0, 0.05) is 0 Å². The summed E-state index contributed by atoms with van der Waals surface area (Å²) < 4.78 is 33.6. The number of carbonyl (C=O) groups excluding carboxylic acids is 3. The third-order valence-corrected chi connectivity index (χ3v) is 2.94. The number of methoxy groups -OCH3 is 2. The summed E-state index contributed by atoms with van der Waals surface area (Å²) >= 11 is 0. The van der Waals surface area contributed by atoms with E-state index >= 15 is 0 Å². The lowest BCUT2D eigenvalue weighted by Gasteiger charge is -2.23. The van der Waals surface area contributed by atoms with Gasteiger partial charge in [0.05, 0.1) is 20.8 Å². The van der Waals surface area contributed by atoms with Crippen molar-refractivity contribution in [1.82, 2.24) is 0 Å². The minimum absolute atomic E-state index is 0.0600. The molecule has 0 aliphatic carbocycles. The van der Waals surface area contributed by atoms with Crippen molar-refractivity contribution in [3.63, 3.8) is 0 Å². The van der Waals surface area contributed by atoms with Gasteiger partial charge in [-0.3, -0.25) is 0 Å². The molecule has 0 saturated carbocycles. The van der Waals surface area contributed by atoms with Gasteiger partial charge in [-0.05, 0) is 0 Å². The first-order chi connectivity index (χ1) is 10.0. The summed E-state index contributed by atoms with van der Waals surface area (Å²) in [5.41, 5.74) is 0. The normalized spacial score (nSPS) is 31.0. The molecule has 21 heavy (non-hydrogen) atoms. The van der Waals surface area contributed by atoms with Crippen LogP contribution in [0.2, 0.25) is 0 Å². The van der Waals surface area contributed by atoms with Crippen LogP contribution in [0, 0.1) is 0 Å². The van der Waals surface area contributed by atoms with E-state index in [4.69, 9.17) is 18.9 Å². The Hall–Kier alpha value is -2.23. The van der Waals surface area contributed by atoms with Crippen molar-refractivity contribution in [2.45, 2.75) is 24.4 Å². The van der Waals surface area contributed by atoms with Crippen molar-refractivity contribution in [1.29, 1.82) is 0 Å². The lowest BCUT2D eigenvalue weighted by Crippen LogP contribution is -2.44. The van der Waals surface area contributed by atoms with E-state index in [1.807, 2.05) is 0 Å². The second kappa shape index (κ2) is 6.48. The topological polar surface area (TPSA) is 116 Å². The number of hydrogen-bond acceptors (Lipinski definition) is 10. The van der Waals surface area contributed by atoms with Crippen LogP contribution in [0.5, 0.6) is 0 Å². The molecule has 0 N–H and O–H groups in total. The molecule has 118 valence electrons. The average Bonchev–Trinajstić information content (AvgIpc) is 3.05. The highest BCUT2D eigenvalue weighted by Crippen LogP contribution is 2.27. The lowest BCUT2D eigenvalue weighted by molar-refractivity contribution is -0.0655. The molecule has 0 aromatic carbocycles. The molecule has 10 nitrogen and oxygen atoms in total. The zero-order valence-corrected chi connectivity index (χ0v) is 11.3. The Balaban J connectivity index is 2.06. The number of hydrogen-bond donors (Lipinski definition) is 0. The molecule has 2 fully saturated rings. The number of cyclic esters (lactones) is 2. The Morgan fingerprint density at radius 2 is 1.76 bits per heavy atom. The Labute approximate surface area is 119 Å². The van der Waals surface area contributed by atoms with Gasteiger partial charge in [-0.2, -0.15) is 0 Å². The fraction of sp³-hybridized carbons (Fsp3) is 0.727. The second-order valence-corrected chi connectivity index (χ2v) is 4.16. The monoisotopic (exact) mass is 306 g/mol. The fourth-order valence-corrected chi connectivity index (χ4v) is 2.00. The van der Waals surface area contributed by atoms with Crippen molar-refractivity contribution in [3.8, 4) is 0 Å². The largest absolute Gasteiger partial charge is 0.508 e. The summed E-state index contributed by atoms with van der Waals surface area (Å²) in [6.45, 7) is -0.120. The van der Waals surface area contributed by atoms with Crippen LogP contribution in [-0.4, -0.2) is 70.3 Å². The highest BCUT2D eigenvalue weighted by molar-refractivity contribution is 5.62. The molecule has 0 spiro atoms. The first-order valence-corrected chi connectivity index (χ1v) is 5.99. The minimum atomic E-state index is -1.02. The highest BCUT2D eigenvalue weighted by Gasteiger charge is 2.50. The van der Waals surface area contributed by atoms with Gasteiger partial charge in [0.25, 0.3) is 0 Å². The third-order valence-electron chi connectivity index (χ3n) is 2.94. The quantitative estimate of drug-likeness (QED) is 0.529. The van der Waals surface area contributed by atoms with Crippen LogP contribution in [0.25, 0.3) is 0 Å².